The summed E-state index contributed by atoms with van der Waals surface area (Å²) in [4.78, 5) is 42.6. The summed E-state index contributed by atoms with van der Waals surface area (Å²) in [5, 5.41) is 16.7. The molecule has 0 aliphatic rings. The Morgan fingerprint density at radius 2 is 2.17 bits per heavy atom. The van der Waals surface area contributed by atoms with Gasteiger partial charge in [0.25, 0.3) is 0 Å². The summed E-state index contributed by atoms with van der Waals surface area (Å²) in [6, 6.07) is 0. The molecule has 0 radical (unpaired) electrons. The molecular formula is C14H19N3O6S. The second-order valence-electron chi connectivity index (χ2n) is 5.58. The number of esters is 1. The Balaban J connectivity index is 2.92. The number of ether oxygens (including phenoxy) is 1. The second-order valence-corrected chi connectivity index (χ2v) is 6.44. The first-order valence-corrected chi connectivity index (χ1v) is 7.92. The first kappa shape index (κ1) is 19.6. The van der Waals surface area contributed by atoms with Crippen LogP contribution in [-0.4, -0.2) is 45.9 Å². The Labute approximate surface area is 142 Å². The van der Waals surface area contributed by atoms with Gasteiger partial charge in [0.1, 0.15) is 11.3 Å². The number of nitrogens with one attached hydrogen (secondary N) is 1. The minimum Gasteiger partial charge on any atom is -0.476 e. The SMILES string of the molecule is CCC(O/N=C(\C(=O)O)c1csc(NC=O)n1)C(=O)OC(C)(C)C. The Morgan fingerprint density at radius 3 is 2.67 bits per heavy atom. The summed E-state index contributed by atoms with van der Waals surface area (Å²) >= 11 is 1.03. The van der Waals surface area contributed by atoms with Gasteiger partial charge in [0.05, 0.1) is 0 Å². The van der Waals surface area contributed by atoms with E-state index in [0.717, 1.165) is 11.3 Å². The average molecular weight is 357 g/mol. The van der Waals surface area contributed by atoms with Crippen molar-refractivity contribution >= 4 is 40.5 Å². The monoisotopic (exact) mass is 357 g/mol. The van der Waals surface area contributed by atoms with E-state index in [1.54, 1.807) is 27.7 Å². The first-order chi connectivity index (χ1) is 11.2. The fourth-order valence-corrected chi connectivity index (χ4v) is 2.12. The van der Waals surface area contributed by atoms with Crippen LogP contribution < -0.4 is 5.32 Å². The van der Waals surface area contributed by atoms with E-state index >= 15 is 0 Å². The molecule has 1 aromatic rings. The lowest BCUT2D eigenvalue weighted by molar-refractivity contribution is -0.169. The van der Waals surface area contributed by atoms with Crippen LogP contribution in [0.25, 0.3) is 0 Å². The Kier molecular flexibility index (Phi) is 6.83. The van der Waals surface area contributed by atoms with E-state index < -0.39 is 29.4 Å². The highest BCUT2D eigenvalue weighted by molar-refractivity contribution is 7.14. The van der Waals surface area contributed by atoms with Gasteiger partial charge in [0.2, 0.25) is 18.2 Å². The lowest BCUT2D eigenvalue weighted by Crippen LogP contribution is -2.32. The molecule has 0 aromatic carbocycles. The number of aromatic nitrogens is 1. The van der Waals surface area contributed by atoms with Gasteiger partial charge < -0.3 is 20.0 Å². The van der Waals surface area contributed by atoms with Crippen molar-refractivity contribution in [3.63, 3.8) is 0 Å². The van der Waals surface area contributed by atoms with Gasteiger partial charge in [-0.2, -0.15) is 0 Å². The molecule has 2 N–H and O–H groups in total. The molecule has 24 heavy (non-hydrogen) atoms. The Hall–Kier alpha value is -2.49. The molecular weight excluding hydrogens is 338 g/mol. The number of carbonyl (C=O) groups excluding carboxylic acids is 2. The number of aliphatic carboxylic acids is 1. The van der Waals surface area contributed by atoms with Gasteiger partial charge in [-0.15, -0.1) is 11.3 Å². The minimum absolute atomic E-state index is 0.0101. The lowest BCUT2D eigenvalue weighted by Gasteiger charge is -2.22. The third kappa shape index (κ3) is 5.95. The fraction of sp³-hybridized carbons (Fsp3) is 0.500. The molecule has 10 heteroatoms. The molecule has 132 valence electrons. The summed E-state index contributed by atoms with van der Waals surface area (Å²) in [6.45, 7) is 6.81. The highest BCUT2D eigenvalue weighted by Gasteiger charge is 2.26. The van der Waals surface area contributed by atoms with Crippen LogP contribution in [0.15, 0.2) is 10.5 Å². The molecule has 0 fully saturated rings. The third-order valence-corrected chi connectivity index (χ3v) is 3.22. The molecule has 0 aliphatic carbocycles. The molecule has 1 amide bonds. The number of oxime groups is 1. The molecule has 9 nitrogen and oxygen atoms in total. The van der Waals surface area contributed by atoms with E-state index in [-0.39, 0.29) is 17.2 Å². The molecule has 0 saturated heterocycles. The summed E-state index contributed by atoms with van der Waals surface area (Å²) in [5.41, 5.74) is -1.17. The van der Waals surface area contributed by atoms with Gasteiger partial charge >= 0.3 is 11.9 Å². The predicted molar refractivity (Wildman–Crippen MR) is 87.0 cm³/mol. The maximum absolute atomic E-state index is 12.0. The smallest absolute Gasteiger partial charge is 0.360 e. The standard InChI is InChI=1S/C14H19N3O6S/c1-5-9(12(21)22-14(2,3)4)23-17-10(11(19)20)8-6-24-13(16-8)15-7-18/h6-7,9H,5H2,1-4H3,(H,19,20)(H,15,16,18)/b17-10-. The molecule has 1 aromatic heterocycles. The predicted octanol–water partition coefficient (Wildman–Crippen LogP) is 1.64. The van der Waals surface area contributed by atoms with E-state index in [4.69, 9.17) is 9.57 Å². The topological polar surface area (TPSA) is 127 Å². The van der Waals surface area contributed by atoms with Crippen molar-refractivity contribution < 1.29 is 29.1 Å². The molecule has 1 heterocycles. The second kappa shape index (κ2) is 8.39. The van der Waals surface area contributed by atoms with Crippen LogP contribution in [0.3, 0.4) is 0 Å². The quantitative estimate of drug-likeness (QED) is 0.313. The number of hydrogen-bond donors (Lipinski definition) is 2. The fourth-order valence-electron chi connectivity index (χ4n) is 1.46. The third-order valence-electron chi connectivity index (χ3n) is 2.44. The van der Waals surface area contributed by atoms with Gasteiger partial charge in [-0.1, -0.05) is 12.1 Å². The van der Waals surface area contributed by atoms with E-state index in [1.165, 1.54) is 5.38 Å². The van der Waals surface area contributed by atoms with Crippen LogP contribution in [0.5, 0.6) is 0 Å². The van der Waals surface area contributed by atoms with E-state index in [1.807, 2.05) is 0 Å². The summed E-state index contributed by atoms with van der Waals surface area (Å²) in [7, 11) is 0. The van der Waals surface area contributed by atoms with E-state index in [9.17, 15) is 19.5 Å². The zero-order chi connectivity index (χ0) is 18.3. The number of carbonyl (C=O) groups is 3. The van der Waals surface area contributed by atoms with Crippen LogP contribution in [0.2, 0.25) is 0 Å². The molecule has 1 atom stereocenters. The molecule has 0 spiro atoms. The van der Waals surface area contributed by atoms with Crippen molar-refractivity contribution in [2.24, 2.45) is 5.16 Å². The molecule has 0 aliphatic heterocycles. The largest absolute Gasteiger partial charge is 0.476 e. The van der Waals surface area contributed by atoms with Gasteiger partial charge in [-0.3, -0.25) is 4.79 Å². The van der Waals surface area contributed by atoms with Crippen molar-refractivity contribution in [2.75, 3.05) is 5.32 Å². The van der Waals surface area contributed by atoms with Gasteiger partial charge in [-0.25, -0.2) is 14.6 Å². The van der Waals surface area contributed by atoms with Crippen LogP contribution in [0.1, 0.15) is 39.8 Å². The van der Waals surface area contributed by atoms with Crippen LogP contribution in [0.4, 0.5) is 5.13 Å². The number of amides is 1. The van der Waals surface area contributed by atoms with Gasteiger partial charge in [0.15, 0.2) is 5.13 Å². The first-order valence-electron chi connectivity index (χ1n) is 7.04. The van der Waals surface area contributed by atoms with Crippen molar-refractivity contribution in [3.8, 4) is 0 Å². The maximum Gasteiger partial charge on any atom is 0.360 e. The van der Waals surface area contributed by atoms with E-state index in [0.29, 0.717) is 6.41 Å². The zero-order valence-corrected chi connectivity index (χ0v) is 14.5. The van der Waals surface area contributed by atoms with Crippen molar-refractivity contribution in [3.05, 3.63) is 11.1 Å². The van der Waals surface area contributed by atoms with E-state index in [2.05, 4.69) is 15.5 Å². The molecule has 1 unspecified atom stereocenters. The van der Waals surface area contributed by atoms with Crippen molar-refractivity contribution in [1.82, 2.24) is 4.98 Å². The molecule has 0 bridgehead atoms. The van der Waals surface area contributed by atoms with Gasteiger partial charge in [0, 0.05) is 5.38 Å². The zero-order valence-electron chi connectivity index (χ0n) is 13.7. The normalized spacial score (nSPS) is 13.1. The summed E-state index contributed by atoms with van der Waals surface area (Å²) < 4.78 is 5.18. The van der Waals surface area contributed by atoms with Crippen LogP contribution in [0, 0.1) is 0 Å². The highest BCUT2D eigenvalue weighted by atomic mass is 32.1. The number of anilines is 1. The van der Waals surface area contributed by atoms with Crippen molar-refractivity contribution in [1.29, 1.82) is 0 Å². The lowest BCUT2D eigenvalue weighted by atomic mass is 10.2. The van der Waals surface area contributed by atoms with Gasteiger partial charge in [-0.05, 0) is 27.2 Å². The number of thiazole rings is 1. The van der Waals surface area contributed by atoms with Crippen LogP contribution in [-0.2, 0) is 24.0 Å². The number of rotatable bonds is 8. The van der Waals surface area contributed by atoms with Crippen molar-refractivity contribution in [2.45, 2.75) is 45.8 Å². The minimum atomic E-state index is -1.38. The molecule has 1 rings (SSSR count). The number of carboxylic acids is 1. The number of carboxylic acid groups (broad SMARTS) is 1. The Bertz CT molecular complexity index is 635. The summed E-state index contributed by atoms with van der Waals surface area (Å²) in [6.07, 6.45) is -0.364. The Morgan fingerprint density at radius 1 is 1.50 bits per heavy atom. The average Bonchev–Trinajstić information content (AvgIpc) is 2.89. The van der Waals surface area contributed by atoms with Crippen LogP contribution >= 0.6 is 11.3 Å². The number of hydrogen-bond acceptors (Lipinski definition) is 8. The maximum atomic E-state index is 12.0. The summed E-state index contributed by atoms with van der Waals surface area (Å²) in [5.74, 6) is -2.02. The number of nitrogens with zero attached hydrogens (tertiary/aromatic N) is 2. The molecule has 0 saturated carbocycles. The highest BCUT2D eigenvalue weighted by Crippen LogP contribution is 2.16.